The first-order valence-corrected chi connectivity index (χ1v) is 8.19. The molecule has 2 rings (SSSR count). The third-order valence-electron chi connectivity index (χ3n) is 4.80. The van der Waals surface area contributed by atoms with E-state index in [4.69, 9.17) is 9.47 Å². The quantitative estimate of drug-likeness (QED) is 0.785. The molecule has 1 aliphatic carbocycles. The smallest absolute Gasteiger partial charge is 0.0897 e. The van der Waals surface area contributed by atoms with E-state index in [1.165, 1.54) is 25.7 Å². The standard InChI is InChI=1S/C16H31NO3/c1-16(2)8-4-3-5-15(16)17-11-13(18)12-20-14-6-9-19-10-7-14/h13-15,17-18H,3-12H2,1-2H3/t13-,15+/m0/s1. The molecule has 118 valence electrons. The van der Waals surface area contributed by atoms with Gasteiger partial charge in [-0.25, -0.2) is 0 Å². The van der Waals surface area contributed by atoms with Crippen molar-refractivity contribution in [2.24, 2.45) is 5.41 Å². The summed E-state index contributed by atoms with van der Waals surface area (Å²) in [7, 11) is 0. The number of hydrogen-bond acceptors (Lipinski definition) is 4. The van der Waals surface area contributed by atoms with Crippen LogP contribution in [0.25, 0.3) is 0 Å². The molecule has 1 aliphatic heterocycles. The molecule has 2 aliphatic rings. The maximum Gasteiger partial charge on any atom is 0.0897 e. The van der Waals surface area contributed by atoms with Crippen molar-refractivity contribution in [2.45, 2.75) is 70.6 Å². The van der Waals surface area contributed by atoms with E-state index in [1.54, 1.807) is 0 Å². The second-order valence-electron chi connectivity index (χ2n) is 6.99. The minimum atomic E-state index is -0.407. The lowest BCUT2D eigenvalue weighted by molar-refractivity contribution is -0.0596. The van der Waals surface area contributed by atoms with E-state index in [-0.39, 0.29) is 6.10 Å². The van der Waals surface area contributed by atoms with Gasteiger partial charge in [-0.15, -0.1) is 0 Å². The van der Waals surface area contributed by atoms with Gasteiger partial charge in [0, 0.05) is 25.8 Å². The fraction of sp³-hybridized carbons (Fsp3) is 1.00. The number of rotatable bonds is 6. The second-order valence-corrected chi connectivity index (χ2v) is 6.99. The van der Waals surface area contributed by atoms with Crippen molar-refractivity contribution >= 4 is 0 Å². The van der Waals surface area contributed by atoms with Crippen LogP contribution < -0.4 is 5.32 Å². The van der Waals surface area contributed by atoms with Crippen molar-refractivity contribution in [1.82, 2.24) is 5.32 Å². The van der Waals surface area contributed by atoms with Crippen LogP contribution in [0.4, 0.5) is 0 Å². The van der Waals surface area contributed by atoms with E-state index in [0.29, 0.717) is 24.6 Å². The Morgan fingerprint density at radius 3 is 2.70 bits per heavy atom. The molecule has 1 saturated carbocycles. The van der Waals surface area contributed by atoms with Gasteiger partial charge in [0.15, 0.2) is 0 Å². The zero-order chi connectivity index (χ0) is 14.4. The lowest BCUT2D eigenvalue weighted by atomic mass is 9.73. The average Bonchev–Trinajstić information content (AvgIpc) is 2.44. The SMILES string of the molecule is CC1(C)CCCC[C@H]1NC[C@H](O)COC1CCOCC1. The first kappa shape index (κ1) is 16.2. The summed E-state index contributed by atoms with van der Waals surface area (Å²) < 4.78 is 11.1. The summed E-state index contributed by atoms with van der Waals surface area (Å²) in [4.78, 5) is 0. The summed E-state index contributed by atoms with van der Waals surface area (Å²) in [5.74, 6) is 0. The van der Waals surface area contributed by atoms with Gasteiger partial charge in [0.1, 0.15) is 0 Å². The molecule has 2 atom stereocenters. The van der Waals surface area contributed by atoms with Crippen molar-refractivity contribution in [3.05, 3.63) is 0 Å². The molecule has 1 saturated heterocycles. The molecule has 4 nitrogen and oxygen atoms in total. The highest BCUT2D eigenvalue weighted by molar-refractivity contribution is 4.88. The molecule has 0 aromatic rings. The van der Waals surface area contributed by atoms with Crippen LogP contribution in [0, 0.1) is 5.41 Å². The number of aliphatic hydroxyl groups is 1. The summed E-state index contributed by atoms with van der Waals surface area (Å²) in [5, 5.41) is 13.6. The molecule has 2 N–H and O–H groups in total. The third-order valence-corrected chi connectivity index (χ3v) is 4.80. The van der Waals surface area contributed by atoms with Crippen LogP contribution in [-0.4, -0.2) is 49.7 Å². The Labute approximate surface area is 123 Å². The lowest BCUT2D eigenvalue weighted by Gasteiger charge is -2.39. The van der Waals surface area contributed by atoms with Gasteiger partial charge in [0.2, 0.25) is 0 Å². The topological polar surface area (TPSA) is 50.7 Å². The highest BCUT2D eigenvalue weighted by Gasteiger charge is 2.32. The molecular weight excluding hydrogens is 254 g/mol. The molecule has 0 aromatic heterocycles. The summed E-state index contributed by atoms with van der Waals surface area (Å²) >= 11 is 0. The Hall–Kier alpha value is -0.160. The molecular formula is C16H31NO3. The fourth-order valence-electron chi connectivity index (χ4n) is 3.30. The van der Waals surface area contributed by atoms with E-state index < -0.39 is 6.10 Å². The van der Waals surface area contributed by atoms with Gasteiger partial charge in [-0.05, 0) is 31.1 Å². The number of aliphatic hydroxyl groups excluding tert-OH is 1. The lowest BCUT2D eigenvalue weighted by Crippen LogP contribution is -2.47. The fourth-order valence-corrected chi connectivity index (χ4v) is 3.30. The van der Waals surface area contributed by atoms with E-state index in [1.807, 2.05) is 0 Å². The van der Waals surface area contributed by atoms with Crippen LogP contribution in [0.2, 0.25) is 0 Å². The van der Waals surface area contributed by atoms with E-state index in [9.17, 15) is 5.11 Å². The Morgan fingerprint density at radius 2 is 2.00 bits per heavy atom. The molecule has 4 heteroatoms. The van der Waals surface area contributed by atoms with Gasteiger partial charge in [0.25, 0.3) is 0 Å². The van der Waals surface area contributed by atoms with Gasteiger partial charge in [0.05, 0.1) is 18.8 Å². The van der Waals surface area contributed by atoms with Crippen LogP contribution >= 0.6 is 0 Å². The minimum absolute atomic E-state index is 0.268. The predicted octanol–water partition coefficient (Wildman–Crippen LogP) is 2.10. The molecule has 20 heavy (non-hydrogen) atoms. The maximum atomic E-state index is 10.1. The van der Waals surface area contributed by atoms with Gasteiger partial charge >= 0.3 is 0 Å². The van der Waals surface area contributed by atoms with Crippen LogP contribution in [0.5, 0.6) is 0 Å². The van der Waals surface area contributed by atoms with Gasteiger partial charge < -0.3 is 19.9 Å². The minimum Gasteiger partial charge on any atom is -0.389 e. The molecule has 2 fully saturated rings. The molecule has 0 unspecified atom stereocenters. The van der Waals surface area contributed by atoms with Crippen LogP contribution in [0.1, 0.15) is 52.4 Å². The highest BCUT2D eigenvalue weighted by atomic mass is 16.5. The van der Waals surface area contributed by atoms with E-state index >= 15 is 0 Å². The van der Waals surface area contributed by atoms with Crippen molar-refractivity contribution in [3.63, 3.8) is 0 Å². The Bertz CT molecular complexity index is 277. The van der Waals surface area contributed by atoms with Crippen molar-refractivity contribution < 1.29 is 14.6 Å². The Kier molecular flexibility index (Phi) is 6.27. The average molecular weight is 285 g/mol. The molecule has 0 aromatic carbocycles. The Morgan fingerprint density at radius 1 is 1.25 bits per heavy atom. The summed E-state index contributed by atoms with van der Waals surface area (Å²) in [5.41, 5.74) is 0.347. The first-order chi connectivity index (χ1) is 9.58. The maximum absolute atomic E-state index is 10.1. The largest absolute Gasteiger partial charge is 0.389 e. The van der Waals surface area contributed by atoms with Gasteiger partial charge in [-0.2, -0.15) is 0 Å². The highest BCUT2D eigenvalue weighted by Crippen LogP contribution is 2.35. The first-order valence-electron chi connectivity index (χ1n) is 8.19. The molecule has 0 radical (unpaired) electrons. The van der Waals surface area contributed by atoms with Crippen molar-refractivity contribution in [2.75, 3.05) is 26.4 Å². The normalized spacial score (nSPS) is 29.2. The molecule has 1 heterocycles. The predicted molar refractivity (Wildman–Crippen MR) is 79.8 cm³/mol. The number of ether oxygens (including phenoxy) is 2. The number of nitrogens with one attached hydrogen (secondary N) is 1. The van der Waals surface area contributed by atoms with Crippen LogP contribution in [0.15, 0.2) is 0 Å². The Balaban J connectivity index is 1.62. The third kappa shape index (κ3) is 4.99. The van der Waals surface area contributed by atoms with Crippen LogP contribution in [-0.2, 0) is 9.47 Å². The van der Waals surface area contributed by atoms with Gasteiger partial charge in [-0.1, -0.05) is 26.7 Å². The zero-order valence-electron chi connectivity index (χ0n) is 13.1. The van der Waals surface area contributed by atoms with E-state index in [2.05, 4.69) is 19.2 Å². The van der Waals surface area contributed by atoms with Crippen molar-refractivity contribution in [3.8, 4) is 0 Å². The summed E-state index contributed by atoms with van der Waals surface area (Å²) in [6, 6.07) is 0.522. The molecule has 0 bridgehead atoms. The van der Waals surface area contributed by atoms with Crippen molar-refractivity contribution in [1.29, 1.82) is 0 Å². The monoisotopic (exact) mass is 285 g/mol. The number of hydrogen-bond donors (Lipinski definition) is 2. The molecule has 0 spiro atoms. The van der Waals surface area contributed by atoms with E-state index in [0.717, 1.165) is 26.1 Å². The zero-order valence-corrected chi connectivity index (χ0v) is 13.1. The summed E-state index contributed by atoms with van der Waals surface area (Å²) in [6.45, 7) is 7.30. The van der Waals surface area contributed by atoms with Gasteiger partial charge in [-0.3, -0.25) is 0 Å². The summed E-state index contributed by atoms with van der Waals surface area (Å²) in [6.07, 6.45) is 6.90. The molecule has 0 amide bonds. The second kappa shape index (κ2) is 7.74. The van der Waals surface area contributed by atoms with Crippen LogP contribution in [0.3, 0.4) is 0 Å².